The Morgan fingerprint density at radius 2 is 2.10 bits per heavy atom. The molecule has 0 bridgehead atoms. The molecule has 0 aliphatic heterocycles. The van der Waals surface area contributed by atoms with Crippen molar-refractivity contribution in [1.29, 1.82) is 0 Å². The predicted octanol–water partition coefficient (Wildman–Crippen LogP) is 0.0341. The van der Waals surface area contributed by atoms with Gasteiger partial charge in [-0.25, -0.2) is 0 Å². The number of nitrogens with two attached hydrogens (primary N) is 1. The molecule has 1 fully saturated rings. The van der Waals surface area contributed by atoms with Crippen LogP contribution in [0.1, 0.15) is 32.6 Å². The fourth-order valence-corrected chi connectivity index (χ4v) is 2.29. The average molecular weight is 288 g/mol. The lowest BCUT2D eigenvalue weighted by Crippen LogP contribution is -2.34. The molecule has 6 heteroatoms. The molecule has 1 saturated carbocycles. The normalized spacial score (nSPS) is 24.5. The Hall–Kier alpha value is -0.690. The van der Waals surface area contributed by atoms with Crippen molar-refractivity contribution in [3.05, 3.63) is 0 Å². The Labute approximate surface area is 121 Å². The minimum Gasteiger partial charge on any atom is -0.389 e. The topological polar surface area (TPSA) is 93.8 Å². The van der Waals surface area contributed by atoms with Gasteiger partial charge in [0.05, 0.1) is 25.4 Å². The Balaban J connectivity index is 1.92. The number of hydrogen-bond acceptors (Lipinski definition) is 5. The van der Waals surface area contributed by atoms with Crippen LogP contribution in [0.5, 0.6) is 0 Å². The molecular formula is C14H28N2O4. The van der Waals surface area contributed by atoms with Crippen molar-refractivity contribution in [3.8, 4) is 0 Å². The van der Waals surface area contributed by atoms with Crippen LogP contribution in [-0.4, -0.2) is 56.1 Å². The minimum absolute atomic E-state index is 0.0621. The number of amides is 1. The van der Waals surface area contributed by atoms with Crippen LogP contribution < -0.4 is 11.1 Å². The van der Waals surface area contributed by atoms with Gasteiger partial charge in [-0.3, -0.25) is 4.79 Å². The molecule has 0 saturated heterocycles. The van der Waals surface area contributed by atoms with Crippen molar-refractivity contribution in [3.63, 3.8) is 0 Å². The third-order valence-corrected chi connectivity index (χ3v) is 3.53. The van der Waals surface area contributed by atoms with Gasteiger partial charge in [-0.2, -0.15) is 0 Å². The zero-order valence-corrected chi connectivity index (χ0v) is 12.3. The highest BCUT2D eigenvalue weighted by atomic mass is 16.5. The Morgan fingerprint density at radius 3 is 2.75 bits per heavy atom. The summed E-state index contributed by atoms with van der Waals surface area (Å²) in [5, 5.41) is 12.8. The molecule has 0 aromatic rings. The van der Waals surface area contributed by atoms with E-state index in [4.69, 9.17) is 15.2 Å². The molecular weight excluding hydrogens is 260 g/mol. The highest BCUT2D eigenvalue weighted by molar-refractivity contribution is 5.74. The third kappa shape index (κ3) is 8.47. The molecule has 6 nitrogen and oxygen atoms in total. The maximum absolute atomic E-state index is 10.4. The fourth-order valence-electron chi connectivity index (χ4n) is 2.29. The zero-order chi connectivity index (χ0) is 14.8. The molecule has 0 spiro atoms. The highest BCUT2D eigenvalue weighted by Crippen LogP contribution is 2.25. The van der Waals surface area contributed by atoms with Crippen LogP contribution in [0.2, 0.25) is 0 Å². The molecule has 20 heavy (non-hydrogen) atoms. The average Bonchev–Trinajstić information content (AvgIpc) is 2.41. The second-order valence-corrected chi connectivity index (χ2v) is 5.59. The quantitative estimate of drug-likeness (QED) is 0.493. The number of hydrogen-bond donors (Lipinski definition) is 3. The Morgan fingerprint density at radius 1 is 1.40 bits per heavy atom. The Kier molecular flexibility index (Phi) is 8.77. The first kappa shape index (κ1) is 17.4. The van der Waals surface area contributed by atoms with E-state index >= 15 is 0 Å². The molecule has 1 rings (SSSR count). The molecule has 118 valence electrons. The van der Waals surface area contributed by atoms with Gasteiger partial charge in [0.1, 0.15) is 6.61 Å². The summed E-state index contributed by atoms with van der Waals surface area (Å²) in [6, 6.07) is 0. The standard InChI is InChI=1S/C14H28N2O4/c1-11-2-4-13(5-3-11)20-9-12(17)8-16-6-7-19-10-14(15)18/h11-13,16-17H,2-10H2,1H3,(H2,15,18). The second kappa shape index (κ2) is 10.1. The van der Waals surface area contributed by atoms with Crippen molar-refractivity contribution in [2.75, 3.05) is 32.9 Å². The monoisotopic (exact) mass is 288 g/mol. The first-order valence-corrected chi connectivity index (χ1v) is 7.44. The van der Waals surface area contributed by atoms with Crippen LogP contribution in [0.15, 0.2) is 0 Å². The van der Waals surface area contributed by atoms with Gasteiger partial charge in [-0.05, 0) is 31.6 Å². The van der Waals surface area contributed by atoms with E-state index in [2.05, 4.69) is 12.2 Å². The first-order chi connectivity index (χ1) is 9.58. The van der Waals surface area contributed by atoms with Crippen molar-refractivity contribution in [2.24, 2.45) is 11.7 Å². The lowest BCUT2D eigenvalue weighted by atomic mass is 9.89. The van der Waals surface area contributed by atoms with Crippen molar-refractivity contribution in [1.82, 2.24) is 5.32 Å². The van der Waals surface area contributed by atoms with E-state index in [-0.39, 0.29) is 6.61 Å². The molecule has 1 atom stereocenters. The number of nitrogens with one attached hydrogen (secondary N) is 1. The summed E-state index contributed by atoms with van der Waals surface area (Å²) in [5.74, 6) is 0.335. The van der Waals surface area contributed by atoms with E-state index < -0.39 is 12.0 Å². The van der Waals surface area contributed by atoms with Crippen LogP contribution in [0.25, 0.3) is 0 Å². The van der Waals surface area contributed by atoms with Crippen LogP contribution in [-0.2, 0) is 14.3 Å². The van der Waals surface area contributed by atoms with E-state index in [1.807, 2.05) is 0 Å². The van der Waals surface area contributed by atoms with Crippen molar-refractivity contribution < 1.29 is 19.4 Å². The van der Waals surface area contributed by atoms with Crippen LogP contribution in [0.3, 0.4) is 0 Å². The fraction of sp³-hybridized carbons (Fsp3) is 0.929. The van der Waals surface area contributed by atoms with Crippen LogP contribution in [0.4, 0.5) is 0 Å². The number of ether oxygens (including phenoxy) is 2. The molecule has 1 aliphatic rings. The largest absolute Gasteiger partial charge is 0.389 e. The van der Waals surface area contributed by atoms with Gasteiger partial charge in [0.25, 0.3) is 0 Å². The molecule has 1 amide bonds. The Bertz CT molecular complexity index is 268. The summed E-state index contributed by atoms with van der Waals surface area (Å²) in [5.41, 5.74) is 4.93. The third-order valence-electron chi connectivity index (χ3n) is 3.53. The summed E-state index contributed by atoms with van der Waals surface area (Å²) in [7, 11) is 0. The second-order valence-electron chi connectivity index (χ2n) is 5.59. The van der Waals surface area contributed by atoms with Crippen molar-refractivity contribution in [2.45, 2.75) is 44.8 Å². The summed E-state index contributed by atoms with van der Waals surface area (Å²) in [4.78, 5) is 10.4. The number of primary amides is 1. The molecule has 4 N–H and O–H groups in total. The molecule has 0 aromatic heterocycles. The van der Waals surface area contributed by atoms with Gasteiger partial charge in [-0.15, -0.1) is 0 Å². The van der Waals surface area contributed by atoms with E-state index in [9.17, 15) is 9.90 Å². The van der Waals surface area contributed by atoms with E-state index in [0.29, 0.717) is 32.4 Å². The van der Waals surface area contributed by atoms with Crippen molar-refractivity contribution >= 4 is 5.91 Å². The van der Waals surface area contributed by atoms with Crippen LogP contribution >= 0.6 is 0 Å². The molecule has 0 radical (unpaired) electrons. The lowest BCUT2D eigenvalue weighted by Gasteiger charge is -2.27. The van der Waals surface area contributed by atoms with Gasteiger partial charge < -0.3 is 25.6 Å². The summed E-state index contributed by atoms with van der Waals surface area (Å²) in [6.07, 6.45) is 4.43. The number of carbonyl (C=O) groups is 1. The molecule has 1 unspecified atom stereocenters. The maximum Gasteiger partial charge on any atom is 0.243 e. The number of carbonyl (C=O) groups excluding carboxylic acids is 1. The number of aliphatic hydroxyl groups is 1. The van der Waals surface area contributed by atoms with Crippen LogP contribution in [0, 0.1) is 5.92 Å². The smallest absolute Gasteiger partial charge is 0.243 e. The highest BCUT2D eigenvalue weighted by Gasteiger charge is 2.19. The molecule has 1 aliphatic carbocycles. The molecule has 0 aromatic carbocycles. The van der Waals surface area contributed by atoms with Gasteiger partial charge in [-0.1, -0.05) is 6.92 Å². The lowest BCUT2D eigenvalue weighted by molar-refractivity contribution is -0.122. The minimum atomic E-state index is -0.509. The van der Waals surface area contributed by atoms with E-state index in [0.717, 1.165) is 18.8 Å². The van der Waals surface area contributed by atoms with E-state index in [1.165, 1.54) is 12.8 Å². The van der Waals surface area contributed by atoms with Gasteiger partial charge >= 0.3 is 0 Å². The predicted molar refractivity (Wildman–Crippen MR) is 76.3 cm³/mol. The zero-order valence-electron chi connectivity index (χ0n) is 12.3. The number of rotatable bonds is 10. The van der Waals surface area contributed by atoms with E-state index in [1.54, 1.807) is 0 Å². The number of aliphatic hydroxyl groups excluding tert-OH is 1. The maximum atomic E-state index is 10.4. The SMILES string of the molecule is CC1CCC(OCC(O)CNCCOCC(N)=O)CC1. The first-order valence-electron chi connectivity index (χ1n) is 7.44. The summed E-state index contributed by atoms with van der Waals surface area (Å²) < 4.78 is 10.7. The van der Waals surface area contributed by atoms with Gasteiger partial charge in [0.15, 0.2) is 0 Å². The summed E-state index contributed by atoms with van der Waals surface area (Å²) in [6.45, 7) is 4.02. The van der Waals surface area contributed by atoms with Gasteiger partial charge in [0.2, 0.25) is 5.91 Å². The molecule has 0 heterocycles. The summed E-state index contributed by atoms with van der Waals surface area (Å²) >= 11 is 0. The van der Waals surface area contributed by atoms with Gasteiger partial charge in [0, 0.05) is 13.1 Å².